The molecular weight excluding hydrogens is 302 g/mol. The highest BCUT2D eigenvalue weighted by Gasteiger charge is 2.31. The van der Waals surface area contributed by atoms with Crippen molar-refractivity contribution in [2.45, 2.75) is 18.6 Å². The van der Waals surface area contributed by atoms with E-state index in [1.165, 1.54) is 6.07 Å². The molecule has 4 rings (SSSR count). The van der Waals surface area contributed by atoms with Gasteiger partial charge < -0.3 is 15.5 Å². The molecule has 1 aliphatic carbocycles. The molecule has 1 amide bonds. The molecule has 3 aromatic carbocycles. The summed E-state index contributed by atoms with van der Waals surface area (Å²) in [5.74, 6) is -0.221. The minimum Gasteiger partial charge on any atom is -0.507 e. The first-order chi connectivity index (χ1) is 11.6. The minimum atomic E-state index is -0.709. The number of phenolic OH excluding ortho intramolecular Hbond substituents is 1. The van der Waals surface area contributed by atoms with Crippen molar-refractivity contribution in [1.29, 1.82) is 0 Å². The van der Waals surface area contributed by atoms with Crippen LogP contribution in [0.15, 0.2) is 60.7 Å². The summed E-state index contributed by atoms with van der Waals surface area (Å²) < 4.78 is 0. The molecule has 1 aliphatic rings. The number of amides is 1. The number of phenols is 1. The van der Waals surface area contributed by atoms with Crippen molar-refractivity contribution >= 4 is 16.7 Å². The Morgan fingerprint density at radius 1 is 1.04 bits per heavy atom. The zero-order valence-corrected chi connectivity index (χ0v) is 12.9. The first-order valence-electron chi connectivity index (χ1n) is 7.92. The van der Waals surface area contributed by atoms with Crippen LogP contribution in [-0.2, 0) is 6.42 Å². The Bertz CT molecular complexity index is 935. The molecule has 120 valence electrons. The zero-order chi connectivity index (χ0) is 16.7. The average Bonchev–Trinajstić information content (AvgIpc) is 2.91. The second-order valence-corrected chi connectivity index (χ2v) is 6.14. The number of fused-ring (bicyclic) bond motifs is 2. The molecule has 24 heavy (non-hydrogen) atoms. The highest BCUT2D eigenvalue weighted by molar-refractivity contribution is 6.00. The molecule has 2 atom stereocenters. The number of aliphatic hydroxyl groups is 1. The van der Waals surface area contributed by atoms with Crippen molar-refractivity contribution in [2.75, 3.05) is 0 Å². The number of carbonyl (C=O) groups excluding carboxylic acids is 1. The van der Waals surface area contributed by atoms with Gasteiger partial charge in [-0.2, -0.15) is 0 Å². The summed E-state index contributed by atoms with van der Waals surface area (Å²) in [6.07, 6.45) is -0.109. The first-order valence-corrected chi connectivity index (χ1v) is 7.92. The molecule has 0 saturated heterocycles. The van der Waals surface area contributed by atoms with Gasteiger partial charge in [0.05, 0.1) is 12.1 Å². The van der Waals surface area contributed by atoms with E-state index in [1.54, 1.807) is 6.07 Å². The van der Waals surface area contributed by atoms with E-state index in [9.17, 15) is 15.0 Å². The van der Waals surface area contributed by atoms with Crippen LogP contribution in [0.2, 0.25) is 0 Å². The van der Waals surface area contributed by atoms with Gasteiger partial charge >= 0.3 is 0 Å². The van der Waals surface area contributed by atoms with Crippen molar-refractivity contribution in [1.82, 2.24) is 5.32 Å². The summed E-state index contributed by atoms with van der Waals surface area (Å²) in [6.45, 7) is 0. The second kappa shape index (κ2) is 5.65. The Morgan fingerprint density at radius 3 is 2.62 bits per heavy atom. The minimum absolute atomic E-state index is 0.0773. The second-order valence-electron chi connectivity index (χ2n) is 6.14. The van der Waals surface area contributed by atoms with E-state index in [2.05, 4.69) is 5.32 Å². The molecule has 4 heteroatoms. The molecule has 0 aliphatic heterocycles. The Balaban J connectivity index is 1.59. The standard InChI is InChI=1S/C20H17NO3/c22-18-11-14(9-12-5-1-3-7-15(12)18)20(24)21-17-10-13-6-2-4-8-16(13)19(17)23/h1-9,11,17,19,22-23H,10H2,(H,21,24)/t17-,19+/m0/s1. The number of aromatic hydroxyl groups is 1. The third-order valence-electron chi connectivity index (χ3n) is 4.61. The lowest BCUT2D eigenvalue weighted by molar-refractivity contribution is 0.0858. The van der Waals surface area contributed by atoms with Crippen LogP contribution in [0.25, 0.3) is 10.8 Å². The smallest absolute Gasteiger partial charge is 0.251 e. The number of hydrogen-bond acceptors (Lipinski definition) is 3. The van der Waals surface area contributed by atoms with Gasteiger partial charge in [-0.15, -0.1) is 0 Å². The van der Waals surface area contributed by atoms with E-state index in [4.69, 9.17) is 0 Å². The van der Waals surface area contributed by atoms with Gasteiger partial charge in [-0.3, -0.25) is 4.79 Å². The lowest BCUT2D eigenvalue weighted by Gasteiger charge is -2.17. The third-order valence-corrected chi connectivity index (χ3v) is 4.61. The number of carbonyl (C=O) groups is 1. The fraction of sp³-hybridized carbons (Fsp3) is 0.150. The van der Waals surface area contributed by atoms with E-state index < -0.39 is 6.10 Å². The topological polar surface area (TPSA) is 69.6 Å². The average molecular weight is 319 g/mol. The van der Waals surface area contributed by atoms with Crippen molar-refractivity contribution in [3.63, 3.8) is 0 Å². The van der Waals surface area contributed by atoms with Gasteiger partial charge in [0.1, 0.15) is 5.75 Å². The normalized spacial score (nSPS) is 19.2. The van der Waals surface area contributed by atoms with Gasteiger partial charge in [-0.1, -0.05) is 48.5 Å². The summed E-state index contributed by atoms with van der Waals surface area (Å²) >= 11 is 0. The van der Waals surface area contributed by atoms with Crippen LogP contribution in [-0.4, -0.2) is 22.2 Å². The number of benzene rings is 3. The van der Waals surface area contributed by atoms with E-state index in [0.29, 0.717) is 17.4 Å². The van der Waals surface area contributed by atoms with Crippen molar-refractivity contribution in [3.05, 3.63) is 77.4 Å². The van der Waals surface area contributed by atoms with Gasteiger partial charge in [-0.05, 0) is 35.1 Å². The predicted octanol–water partition coefficient (Wildman–Crippen LogP) is 2.93. The van der Waals surface area contributed by atoms with E-state index in [-0.39, 0.29) is 17.7 Å². The maximum atomic E-state index is 12.6. The predicted molar refractivity (Wildman–Crippen MR) is 92.0 cm³/mol. The van der Waals surface area contributed by atoms with Crippen LogP contribution in [0.3, 0.4) is 0 Å². The Morgan fingerprint density at radius 2 is 1.79 bits per heavy atom. The molecule has 0 fully saturated rings. The monoisotopic (exact) mass is 319 g/mol. The van der Waals surface area contributed by atoms with Crippen LogP contribution in [0, 0.1) is 0 Å². The van der Waals surface area contributed by atoms with Crippen LogP contribution >= 0.6 is 0 Å². The van der Waals surface area contributed by atoms with E-state index in [1.807, 2.05) is 48.5 Å². The molecule has 3 aromatic rings. The summed E-state index contributed by atoms with van der Waals surface area (Å²) in [7, 11) is 0. The molecular formula is C20H17NO3. The number of hydrogen-bond donors (Lipinski definition) is 3. The van der Waals surface area contributed by atoms with Gasteiger partial charge in [0, 0.05) is 10.9 Å². The molecule has 0 aromatic heterocycles. The highest BCUT2D eigenvalue weighted by Crippen LogP contribution is 2.32. The van der Waals surface area contributed by atoms with Crippen LogP contribution < -0.4 is 5.32 Å². The van der Waals surface area contributed by atoms with Gasteiger partial charge in [0.15, 0.2) is 0 Å². The van der Waals surface area contributed by atoms with Crippen LogP contribution in [0.1, 0.15) is 27.6 Å². The first kappa shape index (κ1) is 14.7. The Hall–Kier alpha value is -2.85. The van der Waals surface area contributed by atoms with Crippen molar-refractivity contribution in [3.8, 4) is 5.75 Å². The number of aliphatic hydroxyl groups excluding tert-OH is 1. The third kappa shape index (κ3) is 2.41. The van der Waals surface area contributed by atoms with Gasteiger partial charge in [0.2, 0.25) is 0 Å². The lowest BCUT2D eigenvalue weighted by atomic mass is 10.0. The molecule has 4 nitrogen and oxygen atoms in total. The van der Waals surface area contributed by atoms with E-state index >= 15 is 0 Å². The molecule has 3 N–H and O–H groups in total. The molecule has 0 radical (unpaired) electrons. The van der Waals surface area contributed by atoms with Crippen LogP contribution in [0.5, 0.6) is 5.75 Å². The Kier molecular flexibility index (Phi) is 3.47. The fourth-order valence-electron chi connectivity index (χ4n) is 3.38. The summed E-state index contributed by atoms with van der Waals surface area (Å²) in [6, 6.07) is 17.9. The highest BCUT2D eigenvalue weighted by atomic mass is 16.3. The molecule has 0 bridgehead atoms. The quantitative estimate of drug-likeness (QED) is 0.680. The summed E-state index contributed by atoms with van der Waals surface area (Å²) in [5, 5.41) is 24.9. The number of nitrogens with one attached hydrogen (secondary N) is 1. The summed E-state index contributed by atoms with van der Waals surface area (Å²) in [5.41, 5.74) is 2.30. The SMILES string of the molecule is O=C(N[C@H]1Cc2ccccc2[C@H]1O)c1cc(O)c2ccccc2c1. The zero-order valence-electron chi connectivity index (χ0n) is 12.9. The Labute approximate surface area is 139 Å². The number of rotatable bonds is 2. The van der Waals surface area contributed by atoms with E-state index in [0.717, 1.165) is 16.5 Å². The largest absolute Gasteiger partial charge is 0.507 e. The summed E-state index contributed by atoms with van der Waals surface area (Å²) in [4.78, 5) is 12.6. The van der Waals surface area contributed by atoms with Gasteiger partial charge in [-0.25, -0.2) is 0 Å². The molecule has 0 heterocycles. The van der Waals surface area contributed by atoms with Crippen molar-refractivity contribution < 1.29 is 15.0 Å². The van der Waals surface area contributed by atoms with Crippen molar-refractivity contribution in [2.24, 2.45) is 0 Å². The lowest BCUT2D eigenvalue weighted by Crippen LogP contribution is -2.37. The molecule has 0 unspecified atom stereocenters. The maximum absolute atomic E-state index is 12.6. The van der Waals surface area contributed by atoms with Gasteiger partial charge in [0.25, 0.3) is 5.91 Å². The fourth-order valence-corrected chi connectivity index (χ4v) is 3.38. The maximum Gasteiger partial charge on any atom is 0.251 e. The molecule has 0 saturated carbocycles. The van der Waals surface area contributed by atoms with Crippen LogP contribution in [0.4, 0.5) is 0 Å². The molecule has 0 spiro atoms.